The zero-order valence-electron chi connectivity index (χ0n) is 13.1. The van der Waals surface area contributed by atoms with Crippen LogP contribution in [0.5, 0.6) is 0 Å². The van der Waals surface area contributed by atoms with Gasteiger partial charge >= 0.3 is 5.97 Å². The van der Waals surface area contributed by atoms with E-state index in [-0.39, 0.29) is 18.0 Å². The molecule has 6 heteroatoms. The van der Waals surface area contributed by atoms with Gasteiger partial charge in [0.05, 0.1) is 17.2 Å². The number of carbonyl (C=O) groups excluding carboxylic acids is 1. The summed E-state index contributed by atoms with van der Waals surface area (Å²) in [6.07, 6.45) is 0. The van der Waals surface area contributed by atoms with Gasteiger partial charge in [0, 0.05) is 0 Å². The lowest BCUT2D eigenvalue weighted by atomic mass is 10.2. The molecule has 5 nitrogen and oxygen atoms in total. The van der Waals surface area contributed by atoms with Crippen LogP contribution in [-0.2, 0) is 19.6 Å². The second kappa shape index (κ2) is 7.28. The van der Waals surface area contributed by atoms with Crippen LogP contribution < -0.4 is 4.31 Å². The first kappa shape index (κ1) is 17.0. The van der Waals surface area contributed by atoms with E-state index in [1.165, 1.54) is 12.1 Å². The Labute approximate surface area is 136 Å². The largest absolute Gasteiger partial charge is 0.465 e. The second-order valence-electron chi connectivity index (χ2n) is 4.97. The summed E-state index contributed by atoms with van der Waals surface area (Å²) >= 11 is 0. The Morgan fingerprint density at radius 2 is 1.78 bits per heavy atom. The summed E-state index contributed by atoms with van der Waals surface area (Å²) in [5.74, 6) is -0.589. The quantitative estimate of drug-likeness (QED) is 0.763. The van der Waals surface area contributed by atoms with Crippen LogP contribution in [0.3, 0.4) is 0 Å². The maximum Gasteiger partial charge on any atom is 0.326 e. The maximum atomic E-state index is 12.9. The molecule has 0 bridgehead atoms. The Bertz CT molecular complexity index is 772. The molecule has 0 aliphatic heterocycles. The van der Waals surface area contributed by atoms with E-state index in [2.05, 4.69) is 0 Å². The number of carbonyl (C=O) groups is 1. The molecular weight excluding hydrogens is 314 g/mol. The molecule has 0 N–H and O–H groups in total. The summed E-state index contributed by atoms with van der Waals surface area (Å²) in [7, 11) is -3.85. The summed E-state index contributed by atoms with van der Waals surface area (Å²) in [6.45, 7) is 3.38. The minimum absolute atomic E-state index is 0.130. The Morgan fingerprint density at radius 1 is 1.09 bits per heavy atom. The normalized spacial score (nSPS) is 11.0. The highest BCUT2D eigenvalue weighted by Gasteiger charge is 2.27. The molecule has 0 saturated carbocycles. The van der Waals surface area contributed by atoms with E-state index in [0.29, 0.717) is 5.69 Å². The summed E-state index contributed by atoms with van der Waals surface area (Å²) in [4.78, 5) is 12.0. The Morgan fingerprint density at radius 3 is 2.39 bits per heavy atom. The van der Waals surface area contributed by atoms with Crippen LogP contribution in [0.1, 0.15) is 12.5 Å². The van der Waals surface area contributed by atoms with E-state index in [1.54, 1.807) is 43.3 Å². The van der Waals surface area contributed by atoms with Gasteiger partial charge in [-0.05, 0) is 43.7 Å². The number of hydrogen-bond acceptors (Lipinski definition) is 4. The van der Waals surface area contributed by atoms with E-state index >= 15 is 0 Å². The van der Waals surface area contributed by atoms with Crippen molar-refractivity contribution in [2.75, 3.05) is 17.5 Å². The summed E-state index contributed by atoms with van der Waals surface area (Å²) < 4.78 is 31.8. The number of rotatable bonds is 6. The van der Waals surface area contributed by atoms with Crippen molar-refractivity contribution >= 4 is 21.7 Å². The number of benzene rings is 2. The Balaban J connectivity index is 2.47. The van der Waals surface area contributed by atoms with E-state index < -0.39 is 16.0 Å². The summed E-state index contributed by atoms with van der Waals surface area (Å²) in [5, 5.41) is 0. The number of esters is 1. The third-order valence-corrected chi connectivity index (χ3v) is 4.99. The lowest BCUT2D eigenvalue weighted by molar-refractivity contribution is -0.141. The van der Waals surface area contributed by atoms with E-state index in [9.17, 15) is 13.2 Å². The van der Waals surface area contributed by atoms with Crippen molar-refractivity contribution in [2.45, 2.75) is 18.7 Å². The average Bonchev–Trinajstić information content (AvgIpc) is 2.53. The lowest BCUT2D eigenvalue weighted by Crippen LogP contribution is -2.36. The smallest absolute Gasteiger partial charge is 0.326 e. The zero-order valence-corrected chi connectivity index (χ0v) is 13.9. The monoisotopic (exact) mass is 333 g/mol. The van der Waals surface area contributed by atoms with Gasteiger partial charge < -0.3 is 4.74 Å². The topological polar surface area (TPSA) is 63.7 Å². The molecule has 2 rings (SSSR count). The summed E-state index contributed by atoms with van der Waals surface area (Å²) in [5.41, 5.74) is 1.33. The first-order valence-corrected chi connectivity index (χ1v) is 8.69. The third kappa shape index (κ3) is 4.10. The number of hydrogen-bond donors (Lipinski definition) is 0. The predicted molar refractivity (Wildman–Crippen MR) is 88.8 cm³/mol. The fraction of sp³-hybridized carbons (Fsp3) is 0.235. The molecule has 0 atom stereocenters. The molecule has 23 heavy (non-hydrogen) atoms. The molecule has 122 valence electrons. The molecule has 0 amide bonds. The van der Waals surface area contributed by atoms with Gasteiger partial charge in [-0.2, -0.15) is 0 Å². The van der Waals surface area contributed by atoms with Crippen LogP contribution in [-0.4, -0.2) is 27.5 Å². The van der Waals surface area contributed by atoms with Crippen molar-refractivity contribution in [3.05, 3.63) is 60.2 Å². The van der Waals surface area contributed by atoms with Gasteiger partial charge in [-0.25, -0.2) is 8.42 Å². The van der Waals surface area contributed by atoms with Crippen LogP contribution in [0.4, 0.5) is 5.69 Å². The standard InChI is InChI=1S/C17H19NO4S/c1-3-22-17(19)13-18(15-9-7-8-14(2)12-15)23(20,21)16-10-5-4-6-11-16/h4-12H,3,13H2,1-2H3. The van der Waals surface area contributed by atoms with Crippen molar-refractivity contribution in [1.82, 2.24) is 0 Å². The zero-order chi connectivity index (χ0) is 16.9. The molecule has 0 spiro atoms. The molecule has 2 aromatic carbocycles. The number of sulfonamides is 1. The fourth-order valence-electron chi connectivity index (χ4n) is 2.14. The lowest BCUT2D eigenvalue weighted by Gasteiger charge is -2.24. The Kier molecular flexibility index (Phi) is 5.39. The first-order valence-electron chi connectivity index (χ1n) is 7.25. The molecule has 0 aromatic heterocycles. The van der Waals surface area contributed by atoms with E-state index in [1.807, 2.05) is 13.0 Å². The van der Waals surface area contributed by atoms with Crippen LogP contribution in [0.2, 0.25) is 0 Å². The SMILES string of the molecule is CCOC(=O)CN(c1cccc(C)c1)S(=O)(=O)c1ccccc1. The number of anilines is 1. The van der Waals surface area contributed by atoms with E-state index in [0.717, 1.165) is 9.87 Å². The van der Waals surface area contributed by atoms with Crippen molar-refractivity contribution in [2.24, 2.45) is 0 Å². The van der Waals surface area contributed by atoms with Crippen LogP contribution in [0, 0.1) is 6.92 Å². The van der Waals surface area contributed by atoms with Crippen molar-refractivity contribution < 1.29 is 17.9 Å². The van der Waals surface area contributed by atoms with Crippen LogP contribution >= 0.6 is 0 Å². The maximum absolute atomic E-state index is 12.9. The average molecular weight is 333 g/mol. The van der Waals surface area contributed by atoms with Gasteiger partial charge in [0.2, 0.25) is 0 Å². The highest BCUT2D eigenvalue weighted by Crippen LogP contribution is 2.24. The molecule has 2 aromatic rings. The molecule has 0 saturated heterocycles. The molecule has 0 fully saturated rings. The molecule has 0 aliphatic rings. The van der Waals surface area contributed by atoms with Gasteiger partial charge in [0.25, 0.3) is 10.0 Å². The molecular formula is C17H19NO4S. The highest BCUT2D eigenvalue weighted by atomic mass is 32.2. The van der Waals surface area contributed by atoms with E-state index in [4.69, 9.17) is 4.74 Å². The van der Waals surface area contributed by atoms with Gasteiger partial charge in [-0.3, -0.25) is 9.10 Å². The van der Waals surface area contributed by atoms with Crippen molar-refractivity contribution in [1.29, 1.82) is 0 Å². The van der Waals surface area contributed by atoms with Crippen LogP contribution in [0.25, 0.3) is 0 Å². The number of nitrogens with zero attached hydrogens (tertiary/aromatic N) is 1. The molecule has 0 aliphatic carbocycles. The van der Waals surface area contributed by atoms with Gasteiger partial charge in [-0.1, -0.05) is 30.3 Å². The number of ether oxygens (including phenoxy) is 1. The highest BCUT2D eigenvalue weighted by molar-refractivity contribution is 7.92. The van der Waals surface area contributed by atoms with Gasteiger partial charge in [0.15, 0.2) is 0 Å². The van der Waals surface area contributed by atoms with Crippen LogP contribution in [0.15, 0.2) is 59.5 Å². The molecule has 0 heterocycles. The van der Waals surface area contributed by atoms with Crippen molar-refractivity contribution in [3.63, 3.8) is 0 Å². The number of aryl methyl sites for hydroxylation is 1. The summed E-state index contributed by atoms with van der Waals surface area (Å²) in [6, 6.07) is 15.0. The fourth-order valence-corrected chi connectivity index (χ4v) is 3.56. The van der Waals surface area contributed by atoms with Gasteiger partial charge in [0.1, 0.15) is 6.54 Å². The third-order valence-electron chi connectivity index (χ3n) is 3.20. The minimum atomic E-state index is -3.85. The second-order valence-corrected chi connectivity index (χ2v) is 6.83. The van der Waals surface area contributed by atoms with Gasteiger partial charge in [-0.15, -0.1) is 0 Å². The molecule has 0 radical (unpaired) electrons. The molecule has 0 unspecified atom stereocenters. The Hall–Kier alpha value is -2.34. The minimum Gasteiger partial charge on any atom is -0.465 e. The van der Waals surface area contributed by atoms with Crippen molar-refractivity contribution in [3.8, 4) is 0 Å². The first-order chi connectivity index (χ1) is 10.9. The predicted octanol–water partition coefficient (Wildman–Crippen LogP) is 2.75.